The number of methoxy groups -OCH3 is 1. The molecular weight excluding hydrogens is 92.1 g/mol. The highest BCUT2D eigenvalue weighted by Crippen LogP contribution is 1.85. The van der Waals surface area contributed by atoms with Gasteiger partial charge < -0.3 is 4.74 Å². The Kier molecular flexibility index (Phi) is 3.47. The summed E-state index contributed by atoms with van der Waals surface area (Å²) in [4.78, 5) is 0. The molecule has 0 bridgehead atoms. The predicted octanol–water partition coefficient (Wildman–Crippen LogP) is -0.266. The van der Waals surface area contributed by atoms with Gasteiger partial charge in [-0.25, -0.2) is 0 Å². The van der Waals surface area contributed by atoms with E-state index in [1.807, 2.05) is 0 Å². The molecule has 0 spiro atoms. The Morgan fingerprint density at radius 2 is 2.33 bits per heavy atom. The van der Waals surface area contributed by atoms with Crippen LogP contribution in [0.2, 0.25) is 0 Å². The number of ether oxygens (including phenoxy) is 1. The molecule has 0 saturated heterocycles. The fourth-order valence-electron chi connectivity index (χ4n) is 0.167. The minimum atomic E-state index is 0.574. The fraction of sp³-hybridized carbons (Fsp3) is 1.00. The van der Waals surface area contributed by atoms with Crippen LogP contribution in [0.3, 0.4) is 0 Å². The van der Waals surface area contributed by atoms with Crippen LogP contribution < -0.4 is 0 Å². The smallest absolute Gasteiger partial charge is 0.0392 e. The monoisotopic (exact) mass is 104 g/mol. The van der Waals surface area contributed by atoms with Gasteiger partial charge in [0.25, 0.3) is 0 Å². The van der Waals surface area contributed by atoms with Crippen molar-refractivity contribution in [1.82, 2.24) is 0 Å². The van der Waals surface area contributed by atoms with Gasteiger partial charge in [0.2, 0.25) is 0 Å². The zero-order valence-corrected chi connectivity index (χ0v) is 6.69. The molecule has 0 rings (SSSR count). The molecule has 1 atom stereocenters. The zero-order valence-electron chi connectivity index (χ0n) is 4.69. The summed E-state index contributed by atoms with van der Waals surface area (Å²) in [6.45, 7) is 2.14. The van der Waals surface area contributed by atoms with Crippen molar-refractivity contribution in [3.63, 3.8) is 0 Å². The van der Waals surface area contributed by atoms with Gasteiger partial charge in [0, 0.05) is 23.1 Å². The van der Waals surface area contributed by atoms with Crippen molar-refractivity contribution < 1.29 is 4.74 Å². The fourth-order valence-corrected chi connectivity index (χ4v) is 0.167. The molecule has 0 saturated carbocycles. The first-order chi connectivity index (χ1) is 2.81. The quantitative estimate of drug-likeness (QED) is 0.438. The van der Waals surface area contributed by atoms with Crippen LogP contribution >= 0.6 is 0 Å². The molecule has 1 unspecified atom stereocenters. The Hall–Kier alpha value is 0.177. The van der Waals surface area contributed by atoms with Gasteiger partial charge >= 0.3 is 0 Å². The average Bonchev–Trinajstić information content (AvgIpc) is 1.65. The molecule has 0 aliphatic heterocycles. The Balaban J connectivity index is 2.75. The first-order valence-corrected chi connectivity index (χ1v) is 3.49. The molecule has 0 aromatic carbocycles. The number of hydrogen-bond donors (Lipinski definition) is 0. The maximum absolute atomic E-state index is 4.96. The van der Waals surface area contributed by atoms with E-state index in [9.17, 15) is 0 Å². The summed E-state index contributed by atoms with van der Waals surface area (Å²) >= 11 is 0. The van der Waals surface area contributed by atoms with E-state index in [4.69, 9.17) is 4.74 Å². The molecule has 0 aromatic rings. The lowest BCUT2D eigenvalue weighted by Gasteiger charge is -2.01. The second-order valence-corrected chi connectivity index (χ2v) is 2.74. The first-order valence-electron chi connectivity index (χ1n) is 2.34. The van der Waals surface area contributed by atoms with Gasteiger partial charge in [0.1, 0.15) is 0 Å². The van der Waals surface area contributed by atoms with Crippen LogP contribution in [0.15, 0.2) is 0 Å². The Morgan fingerprint density at radius 1 is 1.83 bits per heavy atom. The molecule has 38 valence electrons. The standard InChI is InChI=1S/C4H12OSi/c1-3-4(6)5-2/h4H,3H2,1-2,6H3. The number of rotatable bonds is 2. The third kappa shape index (κ3) is 2.42. The van der Waals surface area contributed by atoms with Gasteiger partial charge in [0.05, 0.1) is 0 Å². The van der Waals surface area contributed by atoms with Crippen molar-refractivity contribution >= 4 is 10.2 Å². The van der Waals surface area contributed by atoms with Gasteiger partial charge in [-0.05, 0) is 6.42 Å². The molecule has 6 heavy (non-hydrogen) atoms. The van der Waals surface area contributed by atoms with E-state index in [2.05, 4.69) is 6.92 Å². The van der Waals surface area contributed by atoms with Gasteiger partial charge in [-0.1, -0.05) is 6.92 Å². The van der Waals surface area contributed by atoms with Gasteiger partial charge in [0.15, 0.2) is 0 Å². The summed E-state index contributed by atoms with van der Waals surface area (Å²) in [5, 5.41) is 0. The molecule has 0 heterocycles. The maximum Gasteiger partial charge on any atom is 0.0392 e. The van der Waals surface area contributed by atoms with Crippen LogP contribution in [0.25, 0.3) is 0 Å². The van der Waals surface area contributed by atoms with E-state index in [1.54, 1.807) is 7.11 Å². The molecule has 0 amide bonds. The van der Waals surface area contributed by atoms with E-state index in [1.165, 1.54) is 16.7 Å². The summed E-state index contributed by atoms with van der Waals surface area (Å²) in [6.07, 6.45) is 1.17. The zero-order chi connectivity index (χ0) is 4.99. The van der Waals surface area contributed by atoms with Crippen LogP contribution in [0.1, 0.15) is 13.3 Å². The van der Waals surface area contributed by atoms with Crippen LogP contribution in [-0.2, 0) is 4.74 Å². The van der Waals surface area contributed by atoms with Crippen LogP contribution in [0.4, 0.5) is 0 Å². The third-order valence-corrected chi connectivity index (χ3v) is 2.27. The minimum absolute atomic E-state index is 0.574. The first kappa shape index (κ1) is 6.18. The SMILES string of the molecule is CCC([SiH3])OC. The Labute approximate surface area is 42.1 Å². The van der Waals surface area contributed by atoms with Crippen LogP contribution in [-0.4, -0.2) is 23.1 Å². The van der Waals surface area contributed by atoms with Crippen LogP contribution in [0.5, 0.6) is 0 Å². The lowest BCUT2D eigenvalue weighted by atomic mass is 10.5. The van der Waals surface area contributed by atoms with E-state index in [0.29, 0.717) is 5.73 Å². The van der Waals surface area contributed by atoms with Gasteiger partial charge in [-0.15, -0.1) is 0 Å². The summed E-state index contributed by atoms with van der Waals surface area (Å²) in [7, 11) is 2.93. The topological polar surface area (TPSA) is 9.23 Å². The highest BCUT2D eigenvalue weighted by atomic mass is 28.1. The second-order valence-electron chi connectivity index (χ2n) is 1.45. The van der Waals surface area contributed by atoms with E-state index in [-0.39, 0.29) is 0 Å². The average molecular weight is 104 g/mol. The van der Waals surface area contributed by atoms with Crippen molar-refractivity contribution in [2.45, 2.75) is 19.1 Å². The molecule has 0 fully saturated rings. The normalized spacial score (nSPS) is 15.0. The second kappa shape index (κ2) is 3.37. The molecule has 1 nitrogen and oxygen atoms in total. The Morgan fingerprint density at radius 3 is 2.33 bits per heavy atom. The highest BCUT2D eigenvalue weighted by molar-refractivity contribution is 6.10. The van der Waals surface area contributed by atoms with E-state index >= 15 is 0 Å². The molecule has 0 aliphatic carbocycles. The summed E-state index contributed by atoms with van der Waals surface area (Å²) in [5.41, 5.74) is 0.574. The largest absolute Gasteiger partial charge is 0.386 e. The highest BCUT2D eigenvalue weighted by Gasteiger charge is 1.88. The number of hydrogen-bond acceptors (Lipinski definition) is 1. The molecule has 0 aromatic heterocycles. The molecule has 0 N–H and O–H groups in total. The summed E-state index contributed by atoms with van der Waals surface area (Å²) in [5.74, 6) is 0. The van der Waals surface area contributed by atoms with Crippen molar-refractivity contribution in [3.05, 3.63) is 0 Å². The van der Waals surface area contributed by atoms with E-state index < -0.39 is 0 Å². The van der Waals surface area contributed by atoms with Gasteiger partial charge in [-0.3, -0.25) is 0 Å². The van der Waals surface area contributed by atoms with Crippen molar-refractivity contribution in [1.29, 1.82) is 0 Å². The molecular formula is C4H12OSi. The van der Waals surface area contributed by atoms with Crippen LogP contribution in [0, 0.1) is 0 Å². The minimum Gasteiger partial charge on any atom is -0.386 e. The predicted molar refractivity (Wildman–Crippen MR) is 31.0 cm³/mol. The van der Waals surface area contributed by atoms with Gasteiger partial charge in [-0.2, -0.15) is 0 Å². The van der Waals surface area contributed by atoms with Crippen molar-refractivity contribution in [3.8, 4) is 0 Å². The Bertz CT molecular complexity index is 26.7. The molecule has 2 heteroatoms. The lowest BCUT2D eigenvalue weighted by Crippen LogP contribution is -2.06. The third-order valence-electron chi connectivity index (χ3n) is 0.977. The van der Waals surface area contributed by atoms with Crippen molar-refractivity contribution in [2.75, 3.05) is 7.11 Å². The molecule has 0 radical (unpaired) electrons. The summed E-state index contributed by atoms with van der Waals surface area (Å²) < 4.78 is 4.96. The maximum atomic E-state index is 4.96. The molecule has 0 aliphatic rings. The lowest BCUT2D eigenvalue weighted by molar-refractivity contribution is 0.164. The van der Waals surface area contributed by atoms with E-state index in [0.717, 1.165) is 0 Å². The van der Waals surface area contributed by atoms with Crippen molar-refractivity contribution in [2.24, 2.45) is 0 Å². The summed E-state index contributed by atoms with van der Waals surface area (Å²) in [6, 6.07) is 0.